The molecule has 0 aliphatic carbocycles. The standard InChI is InChI=1S/C15H18N4O/c1-9(2)13-11(8-19(3)18-13)14-16-12-7-5-4-6-10(12)15(20)17-14/h4-9,14,16H,1-3H3,(H,17,20)/t14-/m0/s1. The van der Waals surface area contributed by atoms with Crippen molar-refractivity contribution < 1.29 is 4.79 Å². The van der Waals surface area contributed by atoms with Crippen LogP contribution in [0.2, 0.25) is 0 Å². The van der Waals surface area contributed by atoms with Gasteiger partial charge in [-0.3, -0.25) is 9.48 Å². The lowest BCUT2D eigenvalue weighted by Gasteiger charge is -2.28. The second kappa shape index (κ2) is 4.67. The van der Waals surface area contributed by atoms with Crippen molar-refractivity contribution in [1.29, 1.82) is 0 Å². The van der Waals surface area contributed by atoms with Crippen LogP contribution in [0.3, 0.4) is 0 Å². The van der Waals surface area contributed by atoms with Crippen molar-refractivity contribution >= 4 is 11.6 Å². The van der Waals surface area contributed by atoms with Gasteiger partial charge in [0.2, 0.25) is 0 Å². The van der Waals surface area contributed by atoms with Crippen molar-refractivity contribution in [2.75, 3.05) is 5.32 Å². The van der Waals surface area contributed by atoms with E-state index in [2.05, 4.69) is 29.6 Å². The first kappa shape index (κ1) is 12.7. The largest absolute Gasteiger partial charge is 0.361 e. The molecule has 5 heteroatoms. The number of hydrogen-bond donors (Lipinski definition) is 2. The van der Waals surface area contributed by atoms with E-state index in [1.165, 1.54) is 0 Å². The SMILES string of the molecule is CC(C)c1nn(C)cc1[C@@H]1NC(=O)c2ccccc2N1. The summed E-state index contributed by atoms with van der Waals surface area (Å²) in [6.45, 7) is 4.20. The maximum absolute atomic E-state index is 12.2. The van der Waals surface area contributed by atoms with Crippen LogP contribution in [0.5, 0.6) is 0 Å². The molecule has 104 valence electrons. The van der Waals surface area contributed by atoms with Gasteiger partial charge in [-0.15, -0.1) is 0 Å². The smallest absolute Gasteiger partial charge is 0.255 e. The van der Waals surface area contributed by atoms with Gasteiger partial charge < -0.3 is 10.6 Å². The molecule has 1 amide bonds. The lowest BCUT2D eigenvalue weighted by atomic mass is 10.0. The minimum atomic E-state index is -0.233. The second-order valence-electron chi connectivity index (χ2n) is 5.39. The average molecular weight is 270 g/mol. The Bertz CT molecular complexity index is 660. The van der Waals surface area contributed by atoms with Gasteiger partial charge in [-0.1, -0.05) is 26.0 Å². The van der Waals surface area contributed by atoms with Gasteiger partial charge in [0.25, 0.3) is 5.91 Å². The first-order valence-electron chi connectivity index (χ1n) is 6.76. The number of nitrogens with one attached hydrogen (secondary N) is 2. The molecule has 0 unspecified atom stereocenters. The zero-order valence-corrected chi connectivity index (χ0v) is 11.8. The Morgan fingerprint density at radius 3 is 2.75 bits per heavy atom. The fraction of sp³-hybridized carbons (Fsp3) is 0.333. The predicted molar refractivity (Wildman–Crippen MR) is 77.6 cm³/mol. The summed E-state index contributed by atoms with van der Waals surface area (Å²) in [4.78, 5) is 12.2. The molecule has 1 aromatic carbocycles. The van der Waals surface area contributed by atoms with Gasteiger partial charge in [-0.2, -0.15) is 5.10 Å². The van der Waals surface area contributed by atoms with Crippen LogP contribution < -0.4 is 10.6 Å². The highest BCUT2D eigenvalue weighted by molar-refractivity contribution is 6.01. The first-order valence-corrected chi connectivity index (χ1v) is 6.76. The van der Waals surface area contributed by atoms with Gasteiger partial charge in [0.05, 0.1) is 11.3 Å². The highest BCUT2D eigenvalue weighted by Crippen LogP contribution is 2.29. The van der Waals surface area contributed by atoms with Crippen LogP contribution in [0.1, 0.15) is 47.5 Å². The number of fused-ring (bicyclic) bond motifs is 1. The number of nitrogens with zero attached hydrogens (tertiary/aromatic N) is 2. The molecular weight excluding hydrogens is 252 g/mol. The molecule has 3 rings (SSSR count). The molecule has 0 saturated heterocycles. The zero-order valence-electron chi connectivity index (χ0n) is 11.8. The highest BCUT2D eigenvalue weighted by Gasteiger charge is 2.27. The van der Waals surface area contributed by atoms with E-state index in [4.69, 9.17) is 0 Å². The molecule has 1 aliphatic rings. The molecule has 0 saturated carbocycles. The monoisotopic (exact) mass is 270 g/mol. The molecule has 2 heterocycles. The molecular formula is C15H18N4O. The highest BCUT2D eigenvalue weighted by atomic mass is 16.2. The third-order valence-corrected chi connectivity index (χ3v) is 3.49. The number of aromatic nitrogens is 2. The Labute approximate surface area is 118 Å². The van der Waals surface area contributed by atoms with E-state index < -0.39 is 0 Å². The third-order valence-electron chi connectivity index (χ3n) is 3.49. The van der Waals surface area contributed by atoms with Crippen LogP contribution in [-0.4, -0.2) is 15.7 Å². The summed E-state index contributed by atoms with van der Waals surface area (Å²) < 4.78 is 1.79. The van der Waals surface area contributed by atoms with Gasteiger partial charge in [0.1, 0.15) is 6.17 Å². The molecule has 0 radical (unpaired) electrons. The third kappa shape index (κ3) is 2.05. The number of anilines is 1. The lowest BCUT2D eigenvalue weighted by molar-refractivity contribution is 0.0935. The van der Waals surface area contributed by atoms with Crippen LogP contribution in [0.15, 0.2) is 30.5 Å². The maximum atomic E-state index is 12.2. The average Bonchev–Trinajstić information content (AvgIpc) is 2.81. The van der Waals surface area contributed by atoms with Crippen molar-refractivity contribution in [3.8, 4) is 0 Å². The van der Waals surface area contributed by atoms with Gasteiger partial charge in [0, 0.05) is 24.5 Å². The summed E-state index contributed by atoms with van der Waals surface area (Å²) in [6.07, 6.45) is 1.73. The Morgan fingerprint density at radius 1 is 1.25 bits per heavy atom. The fourth-order valence-corrected chi connectivity index (χ4v) is 2.56. The summed E-state index contributed by atoms with van der Waals surface area (Å²) in [6, 6.07) is 7.53. The van der Waals surface area contributed by atoms with Crippen molar-refractivity contribution in [3.05, 3.63) is 47.3 Å². The number of aryl methyl sites for hydroxylation is 1. The van der Waals surface area contributed by atoms with Gasteiger partial charge in [-0.25, -0.2) is 0 Å². The topological polar surface area (TPSA) is 59.0 Å². The number of carbonyl (C=O) groups is 1. The lowest BCUT2D eigenvalue weighted by Crippen LogP contribution is -2.38. The Balaban J connectivity index is 2.00. The van der Waals surface area contributed by atoms with E-state index in [0.717, 1.165) is 16.9 Å². The Kier molecular flexibility index (Phi) is 2.97. The van der Waals surface area contributed by atoms with E-state index in [9.17, 15) is 4.79 Å². The molecule has 2 N–H and O–H groups in total. The fourth-order valence-electron chi connectivity index (χ4n) is 2.56. The van der Waals surface area contributed by atoms with Gasteiger partial charge in [0.15, 0.2) is 0 Å². The van der Waals surface area contributed by atoms with Crippen LogP contribution in [0.25, 0.3) is 0 Å². The number of carbonyl (C=O) groups excluding carboxylic acids is 1. The molecule has 1 aliphatic heterocycles. The number of rotatable bonds is 2. The Hall–Kier alpha value is -2.30. The van der Waals surface area contributed by atoms with E-state index in [-0.39, 0.29) is 12.1 Å². The maximum Gasteiger partial charge on any atom is 0.255 e. The van der Waals surface area contributed by atoms with Gasteiger partial charge in [-0.05, 0) is 18.1 Å². The minimum Gasteiger partial charge on any atom is -0.361 e. The summed E-state index contributed by atoms with van der Waals surface area (Å²) in [5, 5.41) is 10.9. The zero-order chi connectivity index (χ0) is 14.3. The molecule has 2 aromatic rings. The number of para-hydroxylation sites is 1. The molecule has 5 nitrogen and oxygen atoms in total. The molecule has 1 aromatic heterocycles. The van der Waals surface area contributed by atoms with Crippen LogP contribution in [0.4, 0.5) is 5.69 Å². The van der Waals surface area contributed by atoms with Crippen LogP contribution >= 0.6 is 0 Å². The van der Waals surface area contributed by atoms with Crippen molar-refractivity contribution in [3.63, 3.8) is 0 Å². The van der Waals surface area contributed by atoms with Crippen molar-refractivity contribution in [1.82, 2.24) is 15.1 Å². The second-order valence-corrected chi connectivity index (χ2v) is 5.39. The number of hydrogen-bond acceptors (Lipinski definition) is 3. The molecule has 0 spiro atoms. The van der Waals surface area contributed by atoms with E-state index >= 15 is 0 Å². The summed E-state index contributed by atoms with van der Waals surface area (Å²) in [7, 11) is 1.90. The summed E-state index contributed by atoms with van der Waals surface area (Å²) in [5.74, 6) is 0.255. The van der Waals surface area contributed by atoms with Crippen molar-refractivity contribution in [2.24, 2.45) is 7.05 Å². The summed E-state index contributed by atoms with van der Waals surface area (Å²) >= 11 is 0. The molecule has 20 heavy (non-hydrogen) atoms. The normalized spacial score (nSPS) is 17.6. The molecule has 1 atom stereocenters. The number of amides is 1. The van der Waals surface area contributed by atoms with Gasteiger partial charge >= 0.3 is 0 Å². The Morgan fingerprint density at radius 2 is 2.00 bits per heavy atom. The van der Waals surface area contributed by atoms with E-state index in [1.807, 2.05) is 37.5 Å². The molecule has 0 fully saturated rings. The van der Waals surface area contributed by atoms with Crippen LogP contribution in [0, 0.1) is 0 Å². The minimum absolute atomic E-state index is 0.0529. The summed E-state index contributed by atoms with van der Waals surface area (Å²) in [5.41, 5.74) is 3.56. The van der Waals surface area contributed by atoms with Crippen LogP contribution in [-0.2, 0) is 7.05 Å². The van der Waals surface area contributed by atoms with E-state index in [1.54, 1.807) is 4.68 Å². The first-order chi connectivity index (χ1) is 9.56. The van der Waals surface area contributed by atoms with Crippen molar-refractivity contribution in [2.45, 2.75) is 25.9 Å². The molecule has 0 bridgehead atoms. The van der Waals surface area contributed by atoms with E-state index in [0.29, 0.717) is 11.5 Å². The predicted octanol–water partition coefficient (Wildman–Crippen LogP) is 2.40. The number of benzene rings is 1. The quantitative estimate of drug-likeness (QED) is 0.881.